The molecule has 0 radical (unpaired) electrons. The Morgan fingerprint density at radius 1 is 1.28 bits per heavy atom. The molecular formula is C18H15ClN6O2S2. The second kappa shape index (κ2) is 8.36. The fourth-order valence-electron chi connectivity index (χ4n) is 2.75. The van der Waals surface area contributed by atoms with Gasteiger partial charge in [-0.1, -0.05) is 29.4 Å². The van der Waals surface area contributed by atoms with Crippen molar-refractivity contribution in [2.75, 3.05) is 0 Å². The maximum absolute atomic E-state index is 12.3. The Balaban J connectivity index is 1.61. The van der Waals surface area contributed by atoms with Gasteiger partial charge in [0.2, 0.25) is 5.91 Å². The molecule has 8 nitrogen and oxygen atoms in total. The molecule has 0 bridgehead atoms. The molecule has 0 aliphatic carbocycles. The lowest BCUT2D eigenvalue weighted by Gasteiger charge is -2.08. The maximum Gasteiger partial charge on any atom is 0.258 e. The second-order valence-electron chi connectivity index (χ2n) is 6.10. The number of aromatic nitrogens is 5. The number of primary amides is 1. The van der Waals surface area contributed by atoms with Crippen molar-refractivity contribution in [3.8, 4) is 10.7 Å². The summed E-state index contributed by atoms with van der Waals surface area (Å²) in [7, 11) is 0. The van der Waals surface area contributed by atoms with Gasteiger partial charge in [-0.15, -0.1) is 21.5 Å². The minimum Gasteiger partial charge on any atom is -0.370 e. The first-order valence-corrected chi connectivity index (χ1v) is 10.8. The first-order valence-electron chi connectivity index (χ1n) is 8.57. The summed E-state index contributed by atoms with van der Waals surface area (Å²) in [6.45, 7) is 0.379. The van der Waals surface area contributed by atoms with E-state index in [0.29, 0.717) is 39.6 Å². The number of nitrogens with two attached hydrogens (primary N) is 1. The minimum absolute atomic E-state index is 0.181. The van der Waals surface area contributed by atoms with E-state index in [4.69, 9.17) is 17.3 Å². The molecule has 0 saturated carbocycles. The lowest BCUT2D eigenvalue weighted by atomic mass is 10.4. The Morgan fingerprint density at radius 2 is 2.14 bits per heavy atom. The summed E-state index contributed by atoms with van der Waals surface area (Å²) in [5.74, 6) is 0.715. The lowest BCUT2D eigenvalue weighted by Crippen LogP contribution is -2.15. The molecule has 0 aliphatic rings. The summed E-state index contributed by atoms with van der Waals surface area (Å²) in [5.41, 5.74) is 6.25. The SMILES string of the molecule is NC(=O)CCn1c(SCc2cc(=O)n3cc(Cl)ccc3n2)nnc1-c1cccs1. The highest BCUT2D eigenvalue weighted by Gasteiger charge is 2.16. The van der Waals surface area contributed by atoms with Crippen LogP contribution >= 0.6 is 34.7 Å². The van der Waals surface area contributed by atoms with Crippen molar-refractivity contribution in [1.82, 2.24) is 24.1 Å². The van der Waals surface area contributed by atoms with Crippen molar-refractivity contribution < 1.29 is 4.79 Å². The molecule has 0 atom stereocenters. The Morgan fingerprint density at radius 3 is 2.90 bits per heavy atom. The normalized spacial score (nSPS) is 11.2. The Bertz CT molecular complexity index is 1240. The average Bonchev–Trinajstić information content (AvgIpc) is 3.34. The summed E-state index contributed by atoms with van der Waals surface area (Å²) in [4.78, 5) is 29.1. The van der Waals surface area contributed by atoms with Gasteiger partial charge in [0.15, 0.2) is 11.0 Å². The molecule has 4 heterocycles. The summed E-state index contributed by atoms with van der Waals surface area (Å²) in [6, 6.07) is 8.73. The number of halogens is 1. The third kappa shape index (κ3) is 4.34. The zero-order valence-corrected chi connectivity index (χ0v) is 17.4. The molecule has 148 valence electrons. The van der Waals surface area contributed by atoms with Crippen molar-refractivity contribution >= 4 is 46.3 Å². The Hall–Kier alpha value is -2.69. The highest BCUT2D eigenvalue weighted by molar-refractivity contribution is 7.98. The van der Waals surface area contributed by atoms with Gasteiger partial charge >= 0.3 is 0 Å². The van der Waals surface area contributed by atoms with Gasteiger partial charge in [-0.2, -0.15) is 0 Å². The van der Waals surface area contributed by atoms with Gasteiger partial charge in [-0.25, -0.2) is 4.98 Å². The zero-order valence-electron chi connectivity index (χ0n) is 15.0. The molecule has 0 spiro atoms. The van der Waals surface area contributed by atoms with Crippen LogP contribution in [0.2, 0.25) is 5.02 Å². The summed E-state index contributed by atoms with van der Waals surface area (Å²) in [5, 5.41) is 11.6. The molecule has 0 unspecified atom stereocenters. The average molecular weight is 447 g/mol. The van der Waals surface area contributed by atoms with Gasteiger partial charge in [0.05, 0.1) is 15.6 Å². The molecule has 0 aliphatic heterocycles. The number of nitrogens with zero attached hydrogens (tertiary/aromatic N) is 5. The van der Waals surface area contributed by atoms with E-state index in [1.807, 2.05) is 22.1 Å². The van der Waals surface area contributed by atoms with E-state index in [9.17, 15) is 9.59 Å². The van der Waals surface area contributed by atoms with E-state index in [-0.39, 0.29) is 12.0 Å². The molecule has 29 heavy (non-hydrogen) atoms. The van der Waals surface area contributed by atoms with Crippen LogP contribution in [0.15, 0.2) is 51.9 Å². The topological polar surface area (TPSA) is 108 Å². The second-order valence-corrected chi connectivity index (χ2v) is 8.43. The fourth-order valence-corrected chi connectivity index (χ4v) is 4.48. The Kier molecular flexibility index (Phi) is 5.65. The summed E-state index contributed by atoms with van der Waals surface area (Å²) >= 11 is 8.88. The number of hydrogen-bond donors (Lipinski definition) is 1. The molecule has 11 heteroatoms. The zero-order chi connectivity index (χ0) is 20.4. The number of thiophene rings is 1. The number of pyridine rings is 1. The highest BCUT2D eigenvalue weighted by atomic mass is 35.5. The number of amides is 1. The van der Waals surface area contributed by atoms with E-state index in [1.54, 1.807) is 23.5 Å². The van der Waals surface area contributed by atoms with Crippen LogP contribution in [-0.2, 0) is 17.1 Å². The van der Waals surface area contributed by atoms with Crippen LogP contribution in [0, 0.1) is 0 Å². The molecule has 0 fully saturated rings. The molecule has 4 aromatic heterocycles. The lowest BCUT2D eigenvalue weighted by molar-refractivity contribution is -0.118. The standard InChI is InChI=1S/C18H15ClN6O2S2/c19-11-3-4-15-21-12(8-16(27)25(15)9-11)10-29-18-23-22-17(13-2-1-7-28-13)24(18)6-5-14(20)26/h1-4,7-9H,5-6,10H2,(H2,20,26). The van der Waals surface area contributed by atoms with Gasteiger partial charge in [0.25, 0.3) is 5.56 Å². The number of carbonyl (C=O) groups excluding carboxylic acids is 1. The number of carbonyl (C=O) groups is 1. The van der Waals surface area contributed by atoms with Crippen LogP contribution < -0.4 is 11.3 Å². The van der Waals surface area contributed by atoms with Gasteiger partial charge < -0.3 is 10.3 Å². The Labute approximate surface area is 178 Å². The third-order valence-electron chi connectivity index (χ3n) is 4.07. The number of thioether (sulfide) groups is 1. The predicted molar refractivity (Wildman–Crippen MR) is 113 cm³/mol. The van der Waals surface area contributed by atoms with E-state index in [0.717, 1.165) is 4.88 Å². The fraction of sp³-hybridized carbons (Fsp3) is 0.167. The van der Waals surface area contributed by atoms with Crippen molar-refractivity contribution in [2.45, 2.75) is 23.9 Å². The third-order valence-corrected chi connectivity index (χ3v) is 6.16. The summed E-state index contributed by atoms with van der Waals surface area (Å²) in [6.07, 6.45) is 1.72. The number of rotatable bonds is 7. The molecule has 0 saturated heterocycles. The van der Waals surface area contributed by atoms with E-state index in [1.165, 1.54) is 28.4 Å². The minimum atomic E-state index is -0.394. The molecule has 4 rings (SSSR count). The molecule has 2 N–H and O–H groups in total. The quantitative estimate of drug-likeness (QED) is 0.437. The predicted octanol–water partition coefficient (Wildman–Crippen LogP) is 2.84. The van der Waals surface area contributed by atoms with E-state index < -0.39 is 5.91 Å². The number of hydrogen-bond acceptors (Lipinski definition) is 7. The van der Waals surface area contributed by atoms with Crippen molar-refractivity contribution in [1.29, 1.82) is 0 Å². The highest BCUT2D eigenvalue weighted by Crippen LogP contribution is 2.28. The molecular weight excluding hydrogens is 432 g/mol. The van der Waals surface area contributed by atoms with Crippen molar-refractivity contribution in [2.24, 2.45) is 5.73 Å². The number of fused-ring (bicyclic) bond motifs is 1. The van der Waals surface area contributed by atoms with Crippen LogP contribution in [-0.4, -0.2) is 30.1 Å². The van der Waals surface area contributed by atoms with Gasteiger partial charge in [-0.05, 0) is 23.6 Å². The first kappa shape index (κ1) is 19.6. The van der Waals surface area contributed by atoms with Gasteiger partial charge in [-0.3, -0.25) is 14.0 Å². The van der Waals surface area contributed by atoms with Crippen LogP contribution in [0.4, 0.5) is 0 Å². The van der Waals surface area contributed by atoms with Crippen LogP contribution in [0.3, 0.4) is 0 Å². The molecule has 4 aromatic rings. The molecule has 0 aromatic carbocycles. The van der Waals surface area contributed by atoms with Crippen molar-refractivity contribution in [3.63, 3.8) is 0 Å². The van der Waals surface area contributed by atoms with E-state index in [2.05, 4.69) is 15.2 Å². The van der Waals surface area contributed by atoms with Gasteiger partial charge in [0, 0.05) is 31.0 Å². The van der Waals surface area contributed by atoms with E-state index >= 15 is 0 Å². The monoisotopic (exact) mass is 446 g/mol. The first-order chi connectivity index (χ1) is 14.0. The summed E-state index contributed by atoms with van der Waals surface area (Å²) < 4.78 is 3.27. The van der Waals surface area contributed by atoms with Crippen molar-refractivity contribution in [3.05, 3.63) is 63.0 Å². The van der Waals surface area contributed by atoms with Crippen LogP contribution in [0.5, 0.6) is 0 Å². The smallest absolute Gasteiger partial charge is 0.258 e. The maximum atomic E-state index is 12.3. The largest absolute Gasteiger partial charge is 0.370 e. The van der Waals surface area contributed by atoms with Crippen LogP contribution in [0.1, 0.15) is 12.1 Å². The molecule has 1 amide bonds. The van der Waals surface area contributed by atoms with Gasteiger partial charge in [0.1, 0.15) is 5.65 Å². The van der Waals surface area contributed by atoms with Crippen LogP contribution in [0.25, 0.3) is 16.3 Å².